The second kappa shape index (κ2) is 8.44. The highest BCUT2D eigenvalue weighted by atomic mass is 79.9. The van der Waals surface area contributed by atoms with Crippen LogP contribution in [0.4, 0.5) is 0 Å². The van der Waals surface area contributed by atoms with Crippen LogP contribution in [0.15, 0.2) is 34.8 Å². The molecular weight excluding hydrogens is 356 g/mol. The fraction of sp³-hybridized carbons (Fsp3) is 0.333. The van der Waals surface area contributed by atoms with Crippen molar-refractivity contribution in [3.05, 3.63) is 45.8 Å². The molecule has 0 aliphatic heterocycles. The van der Waals surface area contributed by atoms with Gasteiger partial charge in [0.25, 0.3) is 0 Å². The van der Waals surface area contributed by atoms with Crippen molar-refractivity contribution in [3.63, 3.8) is 0 Å². The Labute approximate surface area is 137 Å². The Hall–Kier alpha value is -1.01. The predicted octanol–water partition coefficient (Wildman–Crippen LogP) is 3.77. The number of benzene rings is 1. The molecule has 2 rings (SSSR count). The summed E-state index contributed by atoms with van der Waals surface area (Å²) in [6, 6.07) is 9.87. The Morgan fingerprint density at radius 3 is 2.57 bits per heavy atom. The third kappa shape index (κ3) is 4.74. The van der Waals surface area contributed by atoms with Crippen LogP contribution in [-0.4, -0.2) is 36.9 Å². The molecule has 2 aromatic rings. The van der Waals surface area contributed by atoms with Crippen molar-refractivity contribution in [3.8, 4) is 11.3 Å². The summed E-state index contributed by atoms with van der Waals surface area (Å²) in [5.41, 5.74) is 1.79. The highest BCUT2D eigenvalue weighted by molar-refractivity contribution is 9.10. The third-order valence-corrected chi connectivity index (χ3v) is 4.06. The van der Waals surface area contributed by atoms with E-state index in [-0.39, 0.29) is 0 Å². The van der Waals surface area contributed by atoms with Gasteiger partial charge in [-0.3, -0.25) is 0 Å². The summed E-state index contributed by atoms with van der Waals surface area (Å²) < 4.78 is 11.1. The number of aromatic nitrogens is 2. The van der Waals surface area contributed by atoms with Crippen molar-refractivity contribution in [2.75, 3.05) is 26.9 Å². The predicted molar refractivity (Wildman–Crippen MR) is 86.6 cm³/mol. The molecule has 0 atom stereocenters. The number of rotatable bonds is 7. The molecule has 1 aromatic heterocycles. The van der Waals surface area contributed by atoms with E-state index in [0.29, 0.717) is 41.7 Å². The number of hydrogen-bond acceptors (Lipinski definition) is 4. The first-order valence-electron chi connectivity index (χ1n) is 6.56. The minimum Gasteiger partial charge on any atom is -0.382 e. The molecule has 0 bridgehead atoms. The van der Waals surface area contributed by atoms with Gasteiger partial charge < -0.3 is 9.47 Å². The van der Waals surface area contributed by atoms with Gasteiger partial charge in [0.1, 0.15) is 11.0 Å². The van der Waals surface area contributed by atoms with Gasteiger partial charge in [0.05, 0.1) is 30.0 Å². The average molecular weight is 372 g/mol. The molecule has 0 aliphatic carbocycles. The molecule has 1 aromatic carbocycles. The van der Waals surface area contributed by atoms with Crippen LogP contribution in [0, 0.1) is 0 Å². The van der Waals surface area contributed by atoms with Crippen molar-refractivity contribution < 1.29 is 9.47 Å². The van der Waals surface area contributed by atoms with Crippen molar-refractivity contribution in [2.45, 2.75) is 6.42 Å². The fourth-order valence-electron chi connectivity index (χ4n) is 1.77. The van der Waals surface area contributed by atoms with Gasteiger partial charge in [-0.1, -0.05) is 41.9 Å². The van der Waals surface area contributed by atoms with Crippen LogP contribution in [0.25, 0.3) is 11.3 Å². The number of hydrogen-bond donors (Lipinski definition) is 0. The Kier molecular flexibility index (Phi) is 6.57. The van der Waals surface area contributed by atoms with Crippen LogP contribution in [0.1, 0.15) is 5.82 Å². The van der Waals surface area contributed by atoms with E-state index < -0.39 is 0 Å². The Morgan fingerprint density at radius 1 is 1.10 bits per heavy atom. The first-order valence-corrected chi connectivity index (χ1v) is 7.73. The van der Waals surface area contributed by atoms with Gasteiger partial charge in [-0.05, 0) is 15.9 Å². The maximum Gasteiger partial charge on any atom is 0.147 e. The lowest BCUT2D eigenvalue weighted by Crippen LogP contribution is -2.08. The molecule has 112 valence electrons. The second-order valence-corrected chi connectivity index (χ2v) is 5.47. The average Bonchev–Trinajstić information content (AvgIpc) is 2.51. The molecule has 0 saturated carbocycles. The summed E-state index contributed by atoms with van der Waals surface area (Å²) in [7, 11) is 1.65. The molecule has 0 amide bonds. The Balaban J connectivity index is 2.12. The normalized spacial score (nSPS) is 10.8. The van der Waals surface area contributed by atoms with Crippen LogP contribution in [-0.2, 0) is 15.9 Å². The zero-order valence-corrected chi connectivity index (χ0v) is 14.0. The van der Waals surface area contributed by atoms with E-state index >= 15 is 0 Å². The molecule has 21 heavy (non-hydrogen) atoms. The first kappa shape index (κ1) is 16.4. The smallest absolute Gasteiger partial charge is 0.147 e. The van der Waals surface area contributed by atoms with Crippen molar-refractivity contribution in [1.29, 1.82) is 0 Å². The minimum atomic E-state index is 0.413. The van der Waals surface area contributed by atoms with Crippen LogP contribution in [0.2, 0.25) is 5.15 Å². The molecule has 0 unspecified atom stereocenters. The topological polar surface area (TPSA) is 44.2 Å². The van der Waals surface area contributed by atoms with Gasteiger partial charge >= 0.3 is 0 Å². The van der Waals surface area contributed by atoms with Gasteiger partial charge in [-0.2, -0.15) is 0 Å². The standard InChI is InChI=1S/C15H16BrClN2O2/c1-20-9-10-21-8-7-12-18-14(13(16)15(17)19-12)11-5-3-2-4-6-11/h2-6H,7-10H2,1H3. The lowest BCUT2D eigenvalue weighted by molar-refractivity contribution is 0.0716. The van der Waals surface area contributed by atoms with E-state index in [1.54, 1.807) is 7.11 Å². The molecule has 6 heteroatoms. The van der Waals surface area contributed by atoms with E-state index in [2.05, 4.69) is 25.9 Å². The molecule has 0 fully saturated rings. The van der Waals surface area contributed by atoms with Crippen molar-refractivity contribution in [2.24, 2.45) is 0 Å². The second-order valence-electron chi connectivity index (χ2n) is 4.31. The van der Waals surface area contributed by atoms with Crippen LogP contribution in [0.5, 0.6) is 0 Å². The molecule has 4 nitrogen and oxygen atoms in total. The maximum absolute atomic E-state index is 6.17. The van der Waals surface area contributed by atoms with Crippen LogP contribution in [0.3, 0.4) is 0 Å². The number of methoxy groups -OCH3 is 1. The summed E-state index contributed by atoms with van der Waals surface area (Å²) in [5, 5.41) is 0.413. The lowest BCUT2D eigenvalue weighted by atomic mass is 10.1. The zero-order valence-electron chi connectivity index (χ0n) is 11.7. The van der Waals surface area contributed by atoms with Gasteiger partial charge in [-0.25, -0.2) is 9.97 Å². The summed E-state index contributed by atoms with van der Waals surface area (Å²) in [4.78, 5) is 8.84. The van der Waals surface area contributed by atoms with Gasteiger partial charge in [-0.15, -0.1) is 0 Å². The van der Waals surface area contributed by atoms with Crippen LogP contribution < -0.4 is 0 Å². The van der Waals surface area contributed by atoms with E-state index in [4.69, 9.17) is 21.1 Å². The van der Waals surface area contributed by atoms with Crippen LogP contribution >= 0.6 is 27.5 Å². The Morgan fingerprint density at radius 2 is 1.86 bits per heavy atom. The number of halogens is 2. The van der Waals surface area contributed by atoms with E-state index in [9.17, 15) is 0 Å². The van der Waals surface area contributed by atoms with E-state index in [1.165, 1.54) is 0 Å². The fourth-order valence-corrected chi connectivity index (χ4v) is 2.36. The number of ether oxygens (including phenoxy) is 2. The SMILES string of the molecule is COCCOCCc1nc(Cl)c(Br)c(-c2ccccc2)n1. The molecule has 0 N–H and O–H groups in total. The molecule has 0 spiro atoms. The summed E-state index contributed by atoms with van der Waals surface area (Å²) >= 11 is 9.62. The third-order valence-electron chi connectivity index (χ3n) is 2.81. The number of nitrogens with zero attached hydrogens (tertiary/aromatic N) is 2. The highest BCUT2D eigenvalue weighted by Gasteiger charge is 2.12. The molecule has 0 saturated heterocycles. The van der Waals surface area contributed by atoms with Gasteiger partial charge in [0.15, 0.2) is 0 Å². The zero-order chi connectivity index (χ0) is 15.1. The molecule has 0 aliphatic rings. The summed E-state index contributed by atoms with van der Waals surface area (Å²) in [6.07, 6.45) is 0.608. The van der Waals surface area contributed by atoms with Crippen molar-refractivity contribution >= 4 is 27.5 Å². The molecule has 1 heterocycles. The summed E-state index contributed by atoms with van der Waals surface area (Å²) in [5.74, 6) is 0.666. The van der Waals surface area contributed by atoms with Gasteiger partial charge in [0, 0.05) is 19.1 Å². The first-order chi connectivity index (χ1) is 10.2. The maximum atomic E-state index is 6.17. The van der Waals surface area contributed by atoms with E-state index in [0.717, 1.165) is 11.3 Å². The quantitative estimate of drug-likeness (QED) is 0.549. The Bertz CT molecular complexity index is 581. The minimum absolute atomic E-state index is 0.413. The summed E-state index contributed by atoms with van der Waals surface area (Å²) in [6.45, 7) is 1.68. The molecule has 0 radical (unpaired) electrons. The monoisotopic (exact) mass is 370 g/mol. The lowest BCUT2D eigenvalue weighted by Gasteiger charge is -2.09. The molecular formula is C15H16BrClN2O2. The van der Waals surface area contributed by atoms with Gasteiger partial charge in [0.2, 0.25) is 0 Å². The van der Waals surface area contributed by atoms with E-state index in [1.807, 2.05) is 30.3 Å². The largest absolute Gasteiger partial charge is 0.382 e. The highest BCUT2D eigenvalue weighted by Crippen LogP contribution is 2.31. The van der Waals surface area contributed by atoms with Crippen molar-refractivity contribution in [1.82, 2.24) is 9.97 Å².